The van der Waals surface area contributed by atoms with Crippen LogP contribution in [0.25, 0.3) is 0 Å². The second-order valence-corrected chi connectivity index (χ2v) is 13.4. The Kier molecular flexibility index (Phi) is 18.3. The molecule has 0 saturated carbocycles. The molecule has 5 amide bonds. The van der Waals surface area contributed by atoms with Gasteiger partial charge in [0, 0.05) is 31.4 Å². The molecule has 0 saturated heterocycles. The highest BCUT2D eigenvalue weighted by atomic mass is 35.5. The van der Waals surface area contributed by atoms with Crippen LogP contribution >= 0.6 is 23.2 Å². The van der Waals surface area contributed by atoms with E-state index in [2.05, 4.69) is 26.6 Å². The molecule has 0 heterocycles. The number of rotatable bonds is 22. The average molecular weight is 832 g/mol. The molecule has 0 radical (unpaired) electrons. The molecule has 0 aliphatic rings. The van der Waals surface area contributed by atoms with Crippen molar-refractivity contribution in [3.05, 3.63) is 112 Å². The van der Waals surface area contributed by atoms with Gasteiger partial charge in [-0.05, 0) is 28.8 Å². The second-order valence-electron chi connectivity index (χ2n) is 12.3. The standard InChI is InChI=1S/C37H40Cl2N6O12/c38-34(39)36(52)44-28(33(50)24-11-13-25(14-12-24)45(55)56)21-57-32(49)16-15-29(46)40-19-30(47)41-20-31(48)42-26(17-22-7-3-1-4-8-22)35(51)43-27(37(53)54)18-23-9-5-2-6-10-23/h1-14,26-28,33-34,50H,15-21H2,(H,40,46)(H,41,47)(H,42,48)(H,43,51)(H,44,52)(H,53,54)/t26-,27-,28+,33+/m0/s1. The fourth-order valence-corrected chi connectivity index (χ4v) is 5.21. The number of esters is 1. The van der Waals surface area contributed by atoms with Crippen LogP contribution in [0.1, 0.15) is 35.6 Å². The van der Waals surface area contributed by atoms with Crippen LogP contribution < -0.4 is 26.6 Å². The smallest absolute Gasteiger partial charge is 0.326 e. The van der Waals surface area contributed by atoms with Crippen molar-refractivity contribution in [3.63, 3.8) is 0 Å². The predicted molar refractivity (Wildman–Crippen MR) is 203 cm³/mol. The van der Waals surface area contributed by atoms with E-state index >= 15 is 0 Å². The van der Waals surface area contributed by atoms with E-state index in [-0.39, 0.29) is 24.1 Å². The fraction of sp³-hybridized carbons (Fsp3) is 0.324. The number of benzene rings is 3. The number of aliphatic carboxylic acids is 1. The molecule has 20 heteroatoms. The molecular weight excluding hydrogens is 791 g/mol. The van der Waals surface area contributed by atoms with Crippen LogP contribution in [0.3, 0.4) is 0 Å². The molecule has 0 unspecified atom stereocenters. The summed E-state index contributed by atoms with van der Waals surface area (Å²) in [6, 6.07) is 18.3. The zero-order valence-electron chi connectivity index (χ0n) is 30.1. The summed E-state index contributed by atoms with van der Waals surface area (Å²) in [7, 11) is 0. The lowest BCUT2D eigenvalue weighted by atomic mass is 10.0. The Bertz CT molecular complexity index is 1870. The monoisotopic (exact) mass is 830 g/mol. The molecule has 18 nitrogen and oxygen atoms in total. The van der Waals surface area contributed by atoms with E-state index in [1.807, 2.05) is 0 Å². The highest BCUT2D eigenvalue weighted by Gasteiger charge is 2.29. The lowest BCUT2D eigenvalue weighted by Crippen LogP contribution is -2.54. The number of non-ortho nitro benzene ring substituents is 1. The first-order valence-electron chi connectivity index (χ1n) is 17.2. The maximum Gasteiger partial charge on any atom is 0.326 e. The Labute approximate surface area is 335 Å². The number of hydrogen-bond donors (Lipinski definition) is 7. The quantitative estimate of drug-likeness (QED) is 0.0324. The number of alkyl halides is 2. The summed E-state index contributed by atoms with van der Waals surface area (Å²) < 4.78 is 5.11. The van der Waals surface area contributed by atoms with E-state index in [1.165, 1.54) is 12.1 Å². The third kappa shape index (κ3) is 16.3. The van der Waals surface area contributed by atoms with Crippen molar-refractivity contribution in [2.45, 2.75) is 54.7 Å². The number of nitro benzene ring substituents is 1. The van der Waals surface area contributed by atoms with Gasteiger partial charge in [0.1, 0.15) is 24.8 Å². The number of carbonyl (C=O) groups excluding carboxylic acids is 6. The summed E-state index contributed by atoms with van der Waals surface area (Å²) in [6.45, 7) is -1.77. The number of aliphatic hydroxyl groups excluding tert-OH is 1. The van der Waals surface area contributed by atoms with Crippen LogP contribution in [0.15, 0.2) is 84.9 Å². The molecule has 0 aromatic heterocycles. The Hall–Kier alpha value is -6.11. The topological polar surface area (TPSA) is 272 Å². The van der Waals surface area contributed by atoms with Gasteiger partial charge < -0.3 is 41.5 Å². The number of ether oxygens (including phenoxy) is 1. The molecule has 0 aliphatic heterocycles. The highest BCUT2D eigenvalue weighted by Crippen LogP contribution is 2.21. The molecule has 7 N–H and O–H groups in total. The van der Waals surface area contributed by atoms with Gasteiger partial charge in [0.05, 0.1) is 30.5 Å². The van der Waals surface area contributed by atoms with Crippen molar-refractivity contribution in [2.75, 3.05) is 19.7 Å². The van der Waals surface area contributed by atoms with E-state index in [0.717, 1.165) is 12.1 Å². The maximum absolute atomic E-state index is 13.3. The van der Waals surface area contributed by atoms with Crippen LogP contribution in [-0.2, 0) is 51.1 Å². The lowest BCUT2D eigenvalue weighted by molar-refractivity contribution is -0.384. The van der Waals surface area contributed by atoms with Gasteiger partial charge in [0.2, 0.25) is 23.6 Å². The summed E-state index contributed by atoms with van der Waals surface area (Å²) in [6.07, 6.45) is -2.41. The van der Waals surface area contributed by atoms with Gasteiger partial charge in [0.25, 0.3) is 11.6 Å². The first kappa shape index (κ1) is 45.3. The van der Waals surface area contributed by atoms with Crippen LogP contribution in [-0.4, -0.2) is 99.3 Å². The fourth-order valence-electron chi connectivity index (χ4n) is 5.09. The third-order valence-corrected chi connectivity index (χ3v) is 8.45. The van der Waals surface area contributed by atoms with Crippen molar-refractivity contribution in [2.24, 2.45) is 0 Å². The number of nitrogens with one attached hydrogen (secondary N) is 5. The third-order valence-electron chi connectivity index (χ3n) is 8.06. The van der Waals surface area contributed by atoms with Crippen LogP contribution in [0.2, 0.25) is 0 Å². The van der Waals surface area contributed by atoms with Gasteiger partial charge in [-0.2, -0.15) is 0 Å². The normalized spacial score (nSPS) is 12.8. The molecule has 0 bridgehead atoms. The molecular formula is C37H40Cl2N6O12. The number of carbonyl (C=O) groups is 7. The number of hydrogen-bond acceptors (Lipinski definition) is 11. The van der Waals surface area contributed by atoms with Crippen LogP contribution in [0.5, 0.6) is 0 Å². The number of carboxylic acid groups (broad SMARTS) is 1. The van der Waals surface area contributed by atoms with Gasteiger partial charge in [-0.3, -0.25) is 38.9 Å². The van der Waals surface area contributed by atoms with Gasteiger partial charge in [-0.15, -0.1) is 0 Å². The predicted octanol–water partition coefficient (Wildman–Crippen LogP) is 1.01. The largest absolute Gasteiger partial charge is 0.480 e. The van der Waals surface area contributed by atoms with Gasteiger partial charge >= 0.3 is 11.9 Å². The first-order chi connectivity index (χ1) is 27.1. The number of halogens is 2. The van der Waals surface area contributed by atoms with E-state index in [0.29, 0.717) is 11.1 Å². The van der Waals surface area contributed by atoms with E-state index in [1.54, 1.807) is 60.7 Å². The molecule has 0 aliphatic carbocycles. The maximum atomic E-state index is 13.3. The minimum Gasteiger partial charge on any atom is -0.480 e. The second kappa shape index (κ2) is 23.1. The van der Waals surface area contributed by atoms with Crippen molar-refractivity contribution >= 4 is 70.4 Å². The summed E-state index contributed by atoms with van der Waals surface area (Å²) >= 11 is 11.2. The number of nitrogens with zero attached hydrogens (tertiary/aromatic N) is 1. The van der Waals surface area contributed by atoms with E-state index in [4.69, 9.17) is 27.9 Å². The van der Waals surface area contributed by atoms with Gasteiger partial charge in [-0.1, -0.05) is 83.9 Å². The minimum absolute atomic E-state index is 0.00233. The Morgan fingerprint density at radius 2 is 1.23 bits per heavy atom. The lowest BCUT2D eigenvalue weighted by Gasteiger charge is -2.24. The van der Waals surface area contributed by atoms with Gasteiger partial charge in [0.15, 0.2) is 4.84 Å². The van der Waals surface area contributed by atoms with Crippen LogP contribution in [0, 0.1) is 10.1 Å². The molecule has 57 heavy (non-hydrogen) atoms. The van der Waals surface area contributed by atoms with Gasteiger partial charge in [-0.25, -0.2) is 4.79 Å². The molecule has 3 rings (SSSR count). The summed E-state index contributed by atoms with van der Waals surface area (Å²) in [4.78, 5) is 96.0. The van der Waals surface area contributed by atoms with Crippen molar-refractivity contribution in [1.29, 1.82) is 0 Å². The number of aliphatic hydroxyl groups is 1. The number of nitro groups is 1. The number of carboxylic acids is 1. The minimum atomic E-state index is -1.53. The van der Waals surface area contributed by atoms with E-state index < -0.39 is 108 Å². The van der Waals surface area contributed by atoms with Crippen molar-refractivity contribution in [1.82, 2.24) is 26.6 Å². The zero-order valence-corrected chi connectivity index (χ0v) is 31.6. The summed E-state index contributed by atoms with van der Waals surface area (Å²) in [5.41, 5.74) is 1.23. The molecule has 4 atom stereocenters. The molecule has 3 aromatic carbocycles. The molecule has 304 valence electrons. The Balaban J connectivity index is 1.46. The first-order valence-corrected chi connectivity index (χ1v) is 18.1. The Morgan fingerprint density at radius 3 is 1.77 bits per heavy atom. The molecule has 0 spiro atoms. The Morgan fingerprint density at radius 1 is 0.684 bits per heavy atom. The summed E-state index contributed by atoms with van der Waals surface area (Å²) in [5, 5.41) is 43.3. The highest BCUT2D eigenvalue weighted by molar-refractivity contribution is 6.53. The summed E-state index contributed by atoms with van der Waals surface area (Å²) in [5.74, 6) is -6.16. The molecule has 3 aromatic rings. The molecule has 0 fully saturated rings. The van der Waals surface area contributed by atoms with Crippen molar-refractivity contribution in [3.8, 4) is 0 Å². The average Bonchev–Trinajstić information content (AvgIpc) is 3.19. The van der Waals surface area contributed by atoms with Crippen molar-refractivity contribution < 1.29 is 53.4 Å². The van der Waals surface area contributed by atoms with E-state index in [9.17, 15) is 53.9 Å². The SMILES string of the molecule is O=C(CCC(=O)OC[C@@H](NC(=O)C(Cl)Cl)[C@H](O)c1ccc([N+](=O)[O-])cc1)NCC(=O)NCC(=O)N[C@@H](Cc1ccccc1)C(=O)N[C@@H](Cc1ccccc1)C(=O)O. The number of amides is 5. The zero-order chi connectivity index (χ0) is 41.9. The van der Waals surface area contributed by atoms with Crippen LogP contribution in [0.4, 0.5) is 5.69 Å².